The summed E-state index contributed by atoms with van der Waals surface area (Å²) >= 11 is 0. The molecule has 0 aliphatic carbocycles. The molecular formula is C26H36N2. The lowest BCUT2D eigenvalue weighted by molar-refractivity contribution is 0.317. The summed E-state index contributed by atoms with van der Waals surface area (Å²) in [6, 6.07) is 22.3. The second-order valence-electron chi connectivity index (χ2n) is 8.13. The summed E-state index contributed by atoms with van der Waals surface area (Å²) in [6.07, 6.45) is 1.87. The molecule has 0 unspecified atom stereocenters. The molecule has 0 radical (unpaired) electrons. The predicted octanol–water partition coefficient (Wildman–Crippen LogP) is 6.36. The molecule has 28 heavy (non-hydrogen) atoms. The highest BCUT2D eigenvalue weighted by molar-refractivity contribution is 5.20. The van der Waals surface area contributed by atoms with Gasteiger partial charge in [0.05, 0.1) is 0 Å². The third-order valence-electron chi connectivity index (χ3n) is 5.15. The quantitative estimate of drug-likeness (QED) is 0.446. The minimum Gasteiger partial charge on any atom is -0.306 e. The lowest BCUT2D eigenvalue weighted by atomic mass is 9.93. The second-order valence-corrected chi connectivity index (χ2v) is 8.13. The van der Waals surface area contributed by atoms with E-state index in [1.807, 2.05) is 0 Å². The van der Waals surface area contributed by atoms with Crippen LogP contribution in [0.1, 0.15) is 63.7 Å². The van der Waals surface area contributed by atoms with E-state index in [1.165, 1.54) is 22.3 Å². The van der Waals surface area contributed by atoms with Crippen molar-refractivity contribution < 1.29 is 0 Å². The molecule has 0 aromatic heterocycles. The van der Waals surface area contributed by atoms with Gasteiger partial charge in [0.2, 0.25) is 0 Å². The maximum atomic E-state index is 4.18. The zero-order valence-electron chi connectivity index (χ0n) is 17.9. The zero-order valence-corrected chi connectivity index (χ0v) is 17.9. The SMILES string of the molecule is C=C(C)C[C@H](N[C@@H](C)c1ccccc1)[C@H](CC(=C)C)N[C@@H](C)c1ccccc1. The van der Waals surface area contributed by atoms with Gasteiger partial charge in [0.25, 0.3) is 0 Å². The van der Waals surface area contributed by atoms with E-state index in [0.717, 1.165) is 12.8 Å². The van der Waals surface area contributed by atoms with Crippen molar-refractivity contribution in [3.05, 3.63) is 96.1 Å². The normalized spacial score (nSPS) is 15.4. The van der Waals surface area contributed by atoms with Gasteiger partial charge >= 0.3 is 0 Å². The van der Waals surface area contributed by atoms with Gasteiger partial charge in [-0.15, -0.1) is 13.2 Å². The van der Waals surface area contributed by atoms with Crippen LogP contribution < -0.4 is 10.6 Å². The molecule has 150 valence electrons. The highest BCUT2D eigenvalue weighted by atomic mass is 15.1. The Kier molecular flexibility index (Phi) is 8.69. The first-order chi connectivity index (χ1) is 13.4. The minimum atomic E-state index is 0.270. The van der Waals surface area contributed by atoms with Gasteiger partial charge in [-0.2, -0.15) is 0 Å². The molecule has 2 N–H and O–H groups in total. The summed E-state index contributed by atoms with van der Waals surface area (Å²) in [4.78, 5) is 0. The van der Waals surface area contributed by atoms with Gasteiger partial charge in [-0.25, -0.2) is 0 Å². The molecule has 0 saturated carbocycles. The molecule has 2 heteroatoms. The summed E-state index contributed by atoms with van der Waals surface area (Å²) in [5.74, 6) is 0. The van der Waals surface area contributed by atoms with Crippen molar-refractivity contribution in [2.75, 3.05) is 0 Å². The lowest BCUT2D eigenvalue weighted by Crippen LogP contribution is -2.49. The van der Waals surface area contributed by atoms with E-state index in [9.17, 15) is 0 Å². The van der Waals surface area contributed by atoms with E-state index in [0.29, 0.717) is 0 Å². The molecule has 4 atom stereocenters. The summed E-state index contributed by atoms with van der Waals surface area (Å²) in [5.41, 5.74) is 5.00. The van der Waals surface area contributed by atoms with Crippen LogP contribution in [0.3, 0.4) is 0 Å². The second kappa shape index (κ2) is 11.0. The Morgan fingerprint density at radius 1 is 0.679 bits per heavy atom. The van der Waals surface area contributed by atoms with Crippen LogP contribution in [0.4, 0.5) is 0 Å². The standard InChI is InChI=1S/C26H36N2/c1-19(2)17-25(27-21(5)23-13-9-7-10-14-23)26(18-20(3)4)28-22(6)24-15-11-8-12-16-24/h7-16,21-22,25-28H,1,3,17-18H2,2,4-6H3/t21-,22-,25-,26-/m0/s1. The first-order valence-corrected chi connectivity index (χ1v) is 10.3. The molecule has 0 fully saturated rings. The Hall–Kier alpha value is -2.16. The molecule has 0 aliphatic rings. The van der Waals surface area contributed by atoms with Crippen molar-refractivity contribution in [1.29, 1.82) is 0 Å². The third-order valence-corrected chi connectivity index (χ3v) is 5.15. The highest BCUT2D eigenvalue weighted by Gasteiger charge is 2.25. The highest BCUT2D eigenvalue weighted by Crippen LogP contribution is 2.22. The molecule has 0 saturated heterocycles. The van der Waals surface area contributed by atoms with Crippen LogP contribution >= 0.6 is 0 Å². The van der Waals surface area contributed by atoms with Gasteiger partial charge in [-0.1, -0.05) is 71.8 Å². The van der Waals surface area contributed by atoms with Crippen LogP contribution in [-0.2, 0) is 0 Å². The first-order valence-electron chi connectivity index (χ1n) is 10.3. The fourth-order valence-electron chi connectivity index (χ4n) is 3.70. The number of nitrogens with one attached hydrogen (secondary N) is 2. The van der Waals surface area contributed by atoms with Gasteiger partial charge in [0.1, 0.15) is 0 Å². The molecule has 0 spiro atoms. The first kappa shape index (κ1) is 22.1. The van der Waals surface area contributed by atoms with Gasteiger partial charge in [0, 0.05) is 24.2 Å². The lowest BCUT2D eigenvalue weighted by Gasteiger charge is -2.34. The molecule has 0 heterocycles. The van der Waals surface area contributed by atoms with Crippen LogP contribution in [0.2, 0.25) is 0 Å². The third kappa shape index (κ3) is 7.10. The number of hydrogen-bond acceptors (Lipinski definition) is 2. The summed E-state index contributed by atoms with van der Waals surface area (Å²) in [5, 5.41) is 7.72. The fourth-order valence-corrected chi connectivity index (χ4v) is 3.70. The Balaban J connectivity index is 2.20. The largest absolute Gasteiger partial charge is 0.306 e. The van der Waals surface area contributed by atoms with Gasteiger partial charge in [-0.05, 0) is 51.7 Å². The van der Waals surface area contributed by atoms with E-state index in [4.69, 9.17) is 0 Å². The van der Waals surface area contributed by atoms with Crippen molar-refractivity contribution in [3.8, 4) is 0 Å². The van der Waals surface area contributed by atoms with Gasteiger partial charge in [-0.3, -0.25) is 0 Å². The average Bonchev–Trinajstić information content (AvgIpc) is 2.67. The molecule has 0 aliphatic heterocycles. The summed E-state index contributed by atoms with van der Waals surface area (Å²) in [7, 11) is 0. The topological polar surface area (TPSA) is 24.1 Å². The zero-order chi connectivity index (χ0) is 20.5. The number of rotatable bonds is 11. The Morgan fingerprint density at radius 2 is 1.00 bits per heavy atom. The van der Waals surface area contributed by atoms with Crippen LogP contribution in [0.25, 0.3) is 0 Å². The Labute approximate surface area is 171 Å². The molecule has 2 aromatic rings. The minimum absolute atomic E-state index is 0.270. The fraction of sp³-hybridized carbons (Fsp3) is 0.385. The summed E-state index contributed by atoms with van der Waals surface area (Å²) < 4.78 is 0. The van der Waals surface area contributed by atoms with E-state index < -0.39 is 0 Å². The molecule has 0 amide bonds. The smallest absolute Gasteiger partial charge is 0.0295 e. The average molecular weight is 377 g/mol. The van der Waals surface area contributed by atoms with Crippen LogP contribution in [-0.4, -0.2) is 12.1 Å². The van der Waals surface area contributed by atoms with Crippen molar-refractivity contribution in [2.45, 2.75) is 64.7 Å². The van der Waals surface area contributed by atoms with Crippen molar-refractivity contribution in [1.82, 2.24) is 10.6 Å². The molecular weight excluding hydrogens is 340 g/mol. The maximum Gasteiger partial charge on any atom is 0.0295 e. The van der Waals surface area contributed by atoms with Crippen LogP contribution in [0.15, 0.2) is 85.0 Å². The van der Waals surface area contributed by atoms with Gasteiger partial charge < -0.3 is 10.6 Å². The van der Waals surface area contributed by atoms with E-state index in [1.54, 1.807) is 0 Å². The Bertz CT molecular complexity index is 670. The van der Waals surface area contributed by atoms with E-state index >= 15 is 0 Å². The van der Waals surface area contributed by atoms with Crippen molar-refractivity contribution >= 4 is 0 Å². The number of benzene rings is 2. The van der Waals surface area contributed by atoms with Gasteiger partial charge in [0.15, 0.2) is 0 Å². The predicted molar refractivity (Wildman–Crippen MR) is 122 cm³/mol. The van der Waals surface area contributed by atoms with Crippen LogP contribution in [0, 0.1) is 0 Å². The maximum absolute atomic E-state index is 4.18. The molecule has 0 bridgehead atoms. The van der Waals surface area contributed by atoms with Crippen LogP contribution in [0.5, 0.6) is 0 Å². The van der Waals surface area contributed by atoms with E-state index in [-0.39, 0.29) is 24.2 Å². The number of hydrogen-bond donors (Lipinski definition) is 2. The van der Waals surface area contributed by atoms with Crippen molar-refractivity contribution in [3.63, 3.8) is 0 Å². The molecule has 2 aromatic carbocycles. The molecule has 2 nitrogen and oxygen atoms in total. The van der Waals surface area contributed by atoms with E-state index in [2.05, 4.69) is 112 Å². The summed E-state index contributed by atoms with van der Waals surface area (Å²) in [6.45, 7) is 17.1. The monoisotopic (exact) mass is 376 g/mol. The van der Waals surface area contributed by atoms with Crippen molar-refractivity contribution in [2.24, 2.45) is 0 Å². The Morgan fingerprint density at radius 3 is 1.29 bits per heavy atom. The molecule has 2 rings (SSSR count).